The third-order valence-electron chi connectivity index (χ3n) is 3.06. The van der Waals surface area contributed by atoms with E-state index in [4.69, 9.17) is 0 Å². The van der Waals surface area contributed by atoms with Gasteiger partial charge in [-0.3, -0.25) is 14.9 Å². The summed E-state index contributed by atoms with van der Waals surface area (Å²) >= 11 is 0. The van der Waals surface area contributed by atoms with Crippen LogP contribution in [0.2, 0.25) is 0 Å². The molecule has 0 aliphatic carbocycles. The van der Waals surface area contributed by atoms with Crippen molar-refractivity contribution in [3.05, 3.63) is 33.4 Å². The fourth-order valence-electron chi connectivity index (χ4n) is 1.54. The summed E-state index contributed by atoms with van der Waals surface area (Å²) in [5.41, 5.74) is 0.643. The van der Waals surface area contributed by atoms with Crippen LogP contribution in [0.3, 0.4) is 0 Å². The molecule has 0 heterocycles. The Morgan fingerprint density at radius 2 is 1.90 bits per heavy atom. The van der Waals surface area contributed by atoms with Crippen molar-refractivity contribution in [2.45, 2.75) is 38.6 Å². The Morgan fingerprint density at radius 3 is 2.35 bits per heavy atom. The van der Waals surface area contributed by atoms with E-state index in [1.807, 2.05) is 0 Å². The molecule has 0 spiro atoms. The van der Waals surface area contributed by atoms with E-state index in [1.165, 1.54) is 19.9 Å². The molecule has 1 aromatic rings. The quantitative estimate of drug-likeness (QED) is 0.654. The molecule has 0 fully saturated rings. The second-order valence-electron chi connectivity index (χ2n) is 4.60. The average molecular weight is 300 g/mol. The molecule has 7 nitrogen and oxygen atoms in total. The summed E-state index contributed by atoms with van der Waals surface area (Å²) in [6.45, 7) is 5.82. The third kappa shape index (κ3) is 3.40. The molecule has 8 heteroatoms. The number of nitro groups is 1. The monoisotopic (exact) mass is 300 g/mol. The highest BCUT2D eigenvalue weighted by atomic mass is 32.2. The molecule has 110 valence electrons. The van der Waals surface area contributed by atoms with Crippen molar-refractivity contribution in [2.75, 3.05) is 0 Å². The van der Waals surface area contributed by atoms with Gasteiger partial charge in [0.2, 0.25) is 10.0 Å². The third-order valence-corrected chi connectivity index (χ3v) is 4.58. The lowest BCUT2D eigenvalue weighted by Gasteiger charge is -2.12. The zero-order valence-corrected chi connectivity index (χ0v) is 12.4. The first kappa shape index (κ1) is 16.3. The molecule has 0 saturated heterocycles. The summed E-state index contributed by atoms with van der Waals surface area (Å²) in [7, 11) is -3.98. The Balaban J connectivity index is 3.33. The van der Waals surface area contributed by atoms with Gasteiger partial charge in [-0.1, -0.05) is 0 Å². The standard InChI is InChI=1S/C12H16N2O5S/c1-7-5-11(6-12(8(7)2)14(16)17)20(18,19)13-9(3)10(4)15/h5-6,9,13H,1-4H3. The van der Waals surface area contributed by atoms with E-state index in [2.05, 4.69) is 4.72 Å². The van der Waals surface area contributed by atoms with Crippen molar-refractivity contribution in [2.24, 2.45) is 0 Å². The molecule has 1 rings (SSSR count). The van der Waals surface area contributed by atoms with Crippen LogP contribution in [-0.4, -0.2) is 25.2 Å². The number of hydrogen-bond acceptors (Lipinski definition) is 5. The molecule has 0 radical (unpaired) electrons. The lowest BCUT2D eigenvalue weighted by atomic mass is 10.1. The van der Waals surface area contributed by atoms with Gasteiger partial charge in [-0.15, -0.1) is 0 Å². The first-order chi connectivity index (χ1) is 9.06. The highest BCUT2D eigenvalue weighted by Crippen LogP contribution is 2.25. The van der Waals surface area contributed by atoms with Crippen LogP contribution in [0, 0.1) is 24.0 Å². The molecule has 0 aliphatic heterocycles. The summed E-state index contributed by atoms with van der Waals surface area (Å²) in [4.78, 5) is 21.2. The van der Waals surface area contributed by atoms with E-state index < -0.39 is 21.0 Å². The van der Waals surface area contributed by atoms with Gasteiger partial charge in [0.05, 0.1) is 15.9 Å². The lowest BCUT2D eigenvalue weighted by Crippen LogP contribution is -2.37. The van der Waals surface area contributed by atoms with Crippen LogP contribution in [0.25, 0.3) is 0 Å². The number of sulfonamides is 1. The number of rotatable bonds is 5. The number of hydrogen-bond donors (Lipinski definition) is 1. The number of ketones is 1. The summed E-state index contributed by atoms with van der Waals surface area (Å²) in [5, 5.41) is 10.9. The van der Waals surface area contributed by atoms with Gasteiger partial charge in [0, 0.05) is 11.6 Å². The number of nitrogens with zero attached hydrogens (tertiary/aromatic N) is 1. The van der Waals surface area contributed by atoms with Gasteiger partial charge in [-0.05, 0) is 39.3 Å². The number of nitrogens with one attached hydrogen (secondary N) is 1. The van der Waals surface area contributed by atoms with E-state index >= 15 is 0 Å². The van der Waals surface area contributed by atoms with Crippen LogP contribution in [-0.2, 0) is 14.8 Å². The molecule has 0 aromatic heterocycles. The number of carbonyl (C=O) groups is 1. The summed E-state index contributed by atoms with van der Waals surface area (Å²) in [5.74, 6) is -0.341. The van der Waals surface area contributed by atoms with Gasteiger partial charge in [0.1, 0.15) is 5.78 Å². The van der Waals surface area contributed by atoms with Crippen molar-refractivity contribution in [3.8, 4) is 0 Å². The zero-order valence-electron chi connectivity index (χ0n) is 11.6. The molecule has 1 unspecified atom stereocenters. The second kappa shape index (κ2) is 5.68. The van der Waals surface area contributed by atoms with Crippen molar-refractivity contribution < 1.29 is 18.1 Å². The van der Waals surface area contributed by atoms with Gasteiger partial charge in [-0.25, -0.2) is 13.1 Å². The molecule has 0 bridgehead atoms. The van der Waals surface area contributed by atoms with Crippen LogP contribution in [0.1, 0.15) is 25.0 Å². The number of carbonyl (C=O) groups excluding carboxylic acids is 1. The van der Waals surface area contributed by atoms with Gasteiger partial charge in [-0.2, -0.15) is 0 Å². The molecule has 20 heavy (non-hydrogen) atoms. The van der Waals surface area contributed by atoms with Crippen molar-refractivity contribution in [3.63, 3.8) is 0 Å². The molecule has 1 N–H and O–H groups in total. The van der Waals surface area contributed by atoms with Crippen LogP contribution < -0.4 is 4.72 Å². The predicted octanol–water partition coefficient (Wildman–Crippen LogP) is 1.47. The van der Waals surface area contributed by atoms with Gasteiger partial charge in [0.25, 0.3) is 5.69 Å². The Labute approximate surface area is 117 Å². The van der Waals surface area contributed by atoms with Crippen LogP contribution in [0.15, 0.2) is 17.0 Å². The maximum absolute atomic E-state index is 12.1. The average Bonchev–Trinajstić information content (AvgIpc) is 2.31. The van der Waals surface area contributed by atoms with Crippen molar-refractivity contribution >= 4 is 21.5 Å². The van der Waals surface area contributed by atoms with Crippen molar-refractivity contribution in [1.82, 2.24) is 4.72 Å². The van der Waals surface area contributed by atoms with Crippen molar-refractivity contribution in [1.29, 1.82) is 0 Å². The zero-order chi connectivity index (χ0) is 15.7. The van der Waals surface area contributed by atoms with Crippen LogP contribution in [0.4, 0.5) is 5.69 Å². The van der Waals surface area contributed by atoms with Crippen LogP contribution in [0.5, 0.6) is 0 Å². The topological polar surface area (TPSA) is 106 Å². The number of Topliss-reactive ketones (excluding diaryl/α,β-unsaturated/α-hetero) is 1. The van der Waals surface area contributed by atoms with E-state index in [-0.39, 0.29) is 16.4 Å². The fourth-order valence-corrected chi connectivity index (χ4v) is 2.90. The predicted molar refractivity (Wildman–Crippen MR) is 73.0 cm³/mol. The SMILES string of the molecule is CC(=O)C(C)NS(=O)(=O)c1cc(C)c(C)c([N+](=O)[O-])c1. The van der Waals surface area contributed by atoms with Gasteiger partial charge in [0.15, 0.2) is 0 Å². The lowest BCUT2D eigenvalue weighted by molar-refractivity contribution is -0.385. The molecular formula is C12H16N2O5S. The number of aryl methyl sites for hydroxylation is 1. The molecule has 1 atom stereocenters. The first-order valence-corrected chi connectivity index (χ1v) is 7.33. The molecule has 0 aliphatic rings. The molecular weight excluding hydrogens is 284 g/mol. The van der Waals surface area contributed by atoms with E-state index in [9.17, 15) is 23.3 Å². The minimum atomic E-state index is -3.98. The molecule has 0 amide bonds. The Kier molecular flexibility index (Phi) is 4.61. The normalized spacial score (nSPS) is 13.0. The maximum Gasteiger partial charge on any atom is 0.273 e. The highest BCUT2D eigenvalue weighted by Gasteiger charge is 2.24. The first-order valence-electron chi connectivity index (χ1n) is 5.84. The largest absolute Gasteiger partial charge is 0.298 e. The minimum Gasteiger partial charge on any atom is -0.298 e. The van der Waals surface area contributed by atoms with Gasteiger partial charge >= 0.3 is 0 Å². The van der Waals surface area contributed by atoms with E-state index in [0.717, 1.165) is 6.07 Å². The number of nitro benzene ring substituents is 1. The van der Waals surface area contributed by atoms with E-state index in [1.54, 1.807) is 13.8 Å². The second-order valence-corrected chi connectivity index (χ2v) is 6.31. The Hall–Kier alpha value is -1.80. The summed E-state index contributed by atoms with van der Waals surface area (Å²) < 4.78 is 26.4. The molecule has 1 aromatic carbocycles. The Morgan fingerprint density at radius 1 is 1.35 bits per heavy atom. The number of benzene rings is 1. The fraction of sp³-hybridized carbons (Fsp3) is 0.417. The van der Waals surface area contributed by atoms with Crippen LogP contribution >= 0.6 is 0 Å². The maximum atomic E-state index is 12.1. The molecule has 0 saturated carbocycles. The smallest absolute Gasteiger partial charge is 0.273 e. The Bertz CT molecular complexity index is 667. The highest BCUT2D eigenvalue weighted by molar-refractivity contribution is 7.89. The minimum absolute atomic E-state index is 0.222. The summed E-state index contributed by atoms with van der Waals surface area (Å²) in [6, 6.07) is 1.45. The summed E-state index contributed by atoms with van der Waals surface area (Å²) in [6.07, 6.45) is 0. The van der Waals surface area contributed by atoms with Gasteiger partial charge < -0.3 is 0 Å². The van der Waals surface area contributed by atoms with E-state index in [0.29, 0.717) is 11.1 Å².